The van der Waals surface area contributed by atoms with E-state index in [4.69, 9.17) is 5.53 Å². The summed E-state index contributed by atoms with van der Waals surface area (Å²) in [6.45, 7) is 0.441. The molecular formula is C13H12N4O. The molecule has 0 atom stereocenters. The minimum Gasteiger partial charge on any atom is -0.360 e. The van der Waals surface area contributed by atoms with E-state index < -0.39 is 0 Å². The molecule has 90 valence electrons. The highest BCUT2D eigenvalue weighted by Gasteiger charge is 2.05. The Bertz CT molecular complexity index is 635. The summed E-state index contributed by atoms with van der Waals surface area (Å²) in [5.74, 6) is 0. The second-order valence-corrected chi connectivity index (χ2v) is 3.78. The number of nitrogens with zero attached hydrogens (tertiary/aromatic N) is 3. The fourth-order valence-electron chi connectivity index (χ4n) is 1.86. The van der Waals surface area contributed by atoms with Crippen molar-refractivity contribution in [3.63, 3.8) is 0 Å². The summed E-state index contributed by atoms with van der Waals surface area (Å²) >= 11 is 0. The molecule has 1 aromatic carbocycles. The van der Waals surface area contributed by atoms with Gasteiger partial charge in [-0.25, -0.2) is 0 Å². The van der Waals surface area contributed by atoms with E-state index in [2.05, 4.69) is 15.0 Å². The zero-order valence-electron chi connectivity index (χ0n) is 9.71. The van der Waals surface area contributed by atoms with E-state index >= 15 is 0 Å². The van der Waals surface area contributed by atoms with E-state index in [1.54, 1.807) is 6.20 Å². The van der Waals surface area contributed by atoms with Gasteiger partial charge >= 0.3 is 0 Å². The van der Waals surface area contributed by atoms with Crippen molar-refractivity contribution < 1.29 is 4.79 Å². The maximum Gasteiger partial charge on any atom is 0.152 e. The average molecular weight is 240 g/mol. The molecule has 1 N–H and O–H groups in total. The summed E-state index contributed by atoms with van der Waals surface area (Å²) in [7, 11) is 0. The number of aldehydes is 1. The first-order valence-electron chi connectivity index (χ1n) is 5.59. The summed E-state index contributed by atoms with van der Waals surface area (Å²) in [6, 6.07) is 5.81. The van der Waals surface area contributed by atoms with Gasteiger partial charge in [-0.2, -0.15) is 0 Å². The number of rotatable bonds is 5. The third-order valence-electron chi connectivity index (χ3n) is 2.65. The molecule has 2 aromatic rings. The molecule has 0 amide bonds. The van der Waals surface area contributed by atoms with Crippen molar-refractivity contribution >= 4 is 23.3 Å². The lowest BCUT2D eigenvalue weighted by Crippen LogP contribution is -1.80. The second-order valence-electron chi connectivity index (χ2n) is 3.78. The number of carbonyl (C=O) groups excluding carboxylic acids is 1. The van der Waals surface area contributed by atoms with Gasteiger partial charge in [0, 0.05) is 34.1 Å². The van der Waals surface area contributed by atoms with Gasteiger partial charge in [0.15, 0.2) is 6.29 Å². The van der Waals surface area contributed by atoms with Crippen molar-refractivity contribution in [3.05, 3.63) is 52.0 Å². The number of fused-ring (bicyclic) bond motifs is 1. The van der Waals surface area contributed by atoms with Gasteiger partial charge in [0.05, 0.1) is 0 Å². The number of H-pyrrole nitrogens is 1. The zero-order valence-corrected chi connectivity index (χ0v) is 9.71. The van der Waals surface area contributed by atoms with Crippen molar-refractivity contribution in [2.75, 3.05) is 6.54 Å². The molecule has 18 heavy (non-hydrogen) atoms. The molecule has 5 heteroatoms. The third-order valence-corrected chi connectivity index (χ3v) is 2.65. The van der Waals surface area contributed by atoms with Crippen LogP contribution >= 0.6 is 0 Å². The Hall–Kier alpha value is -2.52. The molecular weight excluding hydrogens is 228 g/mol. The predicted molar refractivity (Wildman–Crippen MR) is 71.4 cm³/mol. The molecule has 2 rings (SSSR count). The number of aromatic amines is 1. The molecule has 0 saturated heterocycles. The Morgan fingerprint density at radius 1 is 1.39 bits per heavy atom. The Kier molecular flexibility index (Phi) is 3.79. The summed E-state index contributed by atoms with van der Waals surface area (Å²) < 4.78 is 0. The van der Waals surface area contributed by atoms with E-state index in [1.165, 1.54) is 0 Å². The van der Waals surface area contributed by atoms with Crippen LogP contribution in [-0.4, -0.2) is 17.8 Å². The van der Waals surface area contributed by atoms with Gasteiger partial charge in [0.1, 0.15) is 0 Å². The molecule has 5 nitrogen and oxygen atoms in total. The zero-order chi connectivity index (χ0) is 12.8. The SMILES string of the molecule is [N-]=[N+]=NCCC=Cc1cccc2[nH]cc(C=O)c12. The predicted octanol–water partition coefficient (Wildman–Crippen LogP) is 3.69. The summed E-state index contributed by atoms with van der Waals surface area (Å²) in [6.07, 6.45) is 7.10. The minimum absolute atomic E-state index is 0.441. The molecule has 0 fully saturated rings. The van der Waals surface area contributed by atoms with Crippen molar-refractivity contribution in [1.82, 2.24) is 4.98 Å². The maximum absolute atomic E-state index is 10.9. The standard InChI is InChI=1S/C13H12N4O/c14-17-16-7-2-1-4-10-5-3-6-12-13(10)11(9-18)8-15-12/h1,3-6,8-9,15H,2,7H2. The van der Waals surface area contributed by atoms with Gasteiger partial charge in [-0.3, -0.25) is 4.79 Å². The van der Waals surface area contributed by atoms with Crippen LogP contribution in [0.2, 0.25) is 0 Å². The molecule has 0 aliphatic carbocycles. The van der Waals surface area contributed by atoms with Crippen LogP contribution in [0.15, 0.2) is 35.6 Å². The number of aromatic nitrogens is 1. The van der Waals surface area contributed by atoms with Crippen LogP contribution in [0.1, 0.15) is 22.3 Å². The Balaban J connectivity index is 2.29. The van der Waals surface area contributed by atoms with Crippen LogP contribution in [0.4, 0.5) is 0 Å². The third kappa shape index (κ3) is 2.42. The van der Waals surface area contributed by atoms with Crippen LogP contribution in [0.25, 0.3) is 27.4 Å². The molecule has 0 aliphatic rings. The lowest BCUT2D eigenvalue weighted by atomic mass is 10.1. The molecule has 0 bridgehead atoms. The molecule has 0 radical (unpaired) electrons. The number of azide groups is 1. The van der Waals surface area contributed by atoms with Crippen LogP contribution in [0.5, 0.6) is 0 Å². The van der Waals surface area contributed by atoms with Gasteiger partial charge in [-0.15, -0.1) is 0 Å². The van der Waals surface area contributed by atoms with Gasteiger partial charge in [0.25, 0.3) is 0 Å². The first-order valence-corrected chi connectivity index (χ1v) is 5.59. The highest BCUT2D eigenvalue weighted by atomic mass is 16.1. The number of benzene rings is 1. The molecule has 0 spiro atoms. The monoisotopic (exact) mass is 240 g/mol. The molecule has 0 saturated carbocycles. The smallest absolute Gasteiger partial charge is 0.152 e. The first kappa shape index (κ1) is 12.0. The second kappa shape index (κ2) is 5.70. The van der Waals surface area contributed by atoms with E-state index in [9.17, 15) is 4.79 Å². The number of hydrogen-bond donors (Lipinski definition) is 1. The van der Waals surface area contributed by atoms with Crippen molar-refractivity contribution in [2.24, 2.45) is 5.11 Å². The number of nitrogens with one attached hydrogen (secondary N) is 1. The first-order chi connectivity index (χ1) is 8.86. The average Bonchev–Trinajstić information content (AvgIpc) is 2.82. The Labute approximate surface area is 104 Å². The molecule has 1 aromatic heterocycles. The lowest BCUT2D eigenvalue weighted by Gasteiger charge is -1.98. The highest BCUT2D eigenvalue weighted by Crippen LogP contribution is 2.22. The topological polar surface area (TPSA) is 81.6 Å². The van der Waals surface area contributed by atoms with Crippen molar-refractivity contribution in [3.8, 4) is 0 Å². The molecule has 0 aliphatic heterocycles. The van der Waals surface area contributed by atoms with E-state index in [-0.39, 0.29) is 0 Å². The fraction of sp³-hybridized carbons (Fsp3) is 0.154. The fourth-order valence-corrected chi connectivity index (χ4v) is 1.86. The Morgan fingerprint density at radius 2 is 2.28 bits per heavy atom. The van der Waals surface area contributed by atoms with Crippen LogP contribution in [-0.2, 0) is 0 Å². The quantitative estimate of drug-likeness (QED) is 0.279. The molecule has 0 unspecified atom stereocenters. The summed E-state index contributed by atoms with van der Waals surface area (Å²) in [5, 5.41) is 4.38. The Morgan fingerprint density at radius 3 is 3.06 bits per heavy atom. The lowest BCUT2D eigenvalue weighted by molar-refractivity contribution is 0.112. The summed E-state index contributed by atoms with van der Waals surface area (Å²) in [4.78, 5) is 16.7. The maximum atomic E-state index is 10.9. The van der Waals surface area contributed by atoms with Gasteiger partial charge in [-0.1, -0.05) is 29.4 Å². The molecule has 1 heterocycles. The van der Waals surface area contributed by atoms with Gasteiger partial charge < -0.3 is 4.98 Å². The van der Waals surface area contributed by atoms with Gasteiger partial charge in [0.2, 0.25) is 0 Å². The van der Waals surface area contributed by atoms with Crippen molar-refractivity contribution in [2.45, 2.75) is 6.42 Å². The minimum atomic E-state index is 0.441. The van der Waals surface area contributed by atoms with Crippen LogP contribution in [0, 0.1) is 0 Å². The van der Waals surface area contributed by atoms with E-state index in [1.807, 2.05) is 30.4 Å². The van der Waals surface area contributed by atoms with E-state index in [0.29, 0.717) is 18.5 Å². The normalized spacial score (nSPS) is 10.7. The number of carbonyl (C=O) groups is 1. The van der Waals surface area contributed by atoms with Crippen LogP contribution in [0.3, 0.4) is 0 Å². The van der Waals surface area contributed by atoms with E-state index in [0.717, 1.165) is 22.8 Å². The van der Waals surface area contributed by atoms with Crippen molar-refractivity contribution in [1.29, 1.82) is 0 Å². The largest absolute Gasteiger partial charge is 0.360 e. The summed E-state index contributed by atoms with van der Waals surface area (Å²) in [5.41, 5.74) is 10.7. The van der Waals surface area contributed by atoms with Crippen LogP contribution < -0.4 is 0 Å². The number of hydrogen-bond acceptors (Lipinski definition) is 2. The highest BCUT2D eigenvalue weighted by molar-refractivity contribution is 6.01. The van der Waals surface area contributed by atoms with Gasteiger partial charge in [-0.05, 0) is 23.6 Å².